The molecule has 0 radical (unpaired) electrons. The van der Waals surface area contributed by atoms with Gasteiger partial charge in [0, 0.05) is 36.0 Å². The normalized spacial score (nSPS) is 17.5. The third-order valence-corrected chi connectivity index (χ3v) is 10.6. The van der Waals surface area contributed by atoms with Crippen LogP contribution in [0.25, 0.3) is 0 Å². The highest BCUT2D eigenvalue weighted by atomic mass is 32.2. The van der Waals surface area contributed by atoms with Gasteiger partial charge in [0.05, 0.1) is 10.5 Å². The minimum absolute atomic E-state index is 0.114. The van der Waals surface area contributed by atoms with Crippen LogP contribution in [0.4, 0.5) is 4.39 Å². The van der Waals surface area contributed by atoms with Gasteiger partial charge in [0.1, 0.15) is 5.82 Å². The van der Waals surface area contributed by atoms with Gasteiger partial charge in [0.15, 0.2) is 0 Å². The average molecular weight is 617 g/mol. The van der Waals surface area contributed by atoms with Crippen LogP contribution in [-0.4, -0.2) is 43.2 Å². The molecule has 5 nitrogen and oxygen atoms in total. The second-order valence-electron chi connectivity index (χ2n) is 11.4. The minimum Gasteiger partial charge on any atom is -0.334 e. The molecule has 1 fully saturated rings. The molecule has 0 aliphatic carbocycles. The van der Waals surface area contributed by atoms with E-state index in [9.17, 15) is 17.6 Å². The monoisotopic (exact) mass is 616 g/mol. The summed E-state index contributed by atoms with van der Waals surface area (Å²) in [4.78, 5) is 17.7. The zero-order valence-electron chi connectivity index (χ0n) is 24.5. The van der Waals surface area contributed by atoms with Gasteiger partial charge in [-0.2, -0.15) is 4.31 Å². The molecule has 2 atom stereocenters. The summed E-state index contributed by atoms with van der Waals surface area (Å²) in [5, 5.41) is 0. The summed E-state index contributed by atoms with van der Waals surface area (Å²) in [7, 11) is -3.82. The Balaban J connectivity index is 1.53. The third kappa shape index (κ3) is 7.93. The van der Waals surface area contributed by atoms with Crippen LogP contribution in [0, 0.1) is 17.7 Å². The van der Waals surface area contributed by atoms with Crippen LogP contribution in [0.1, 0.15) is 41.8 Å². The number of rotatable bonds is 10. The van der Waals surface area contributed by atoms with Crippen molar-refractivity contribution in [2.45, 2.75) is 47.9 Å². The Labute approximate surface area is 258 Å². The summed E-state index contributed by atoms with van der Waals surface area (Å²) < 4.78 is 43.0. The fourth-order valence-corrected chi connectivity index (χ4v) is 8.27. The third-order valence-electron chi connectivity index (χ3n) is 7.71. The molecule has 0 aromatic heterocycles. The second kappa shape index (κ2) is 13.9. The summed E-state index contributed by atoms with van der Waals surface area (Å²) in [6.45, 7) is 5.90. The second-order valence-corrected chi connectivity index (χ2v) is 14.5. The van der Waals surface area contributed by atoms with Gasteiger partial charge in [-0.1, -0.05) is 86.3 Å². The molecule has 1 amide bonds. The van der Waals surface area contributed by atoms with Crippen molar-refractivity contribution in [2.24, 2.45) is 11.8 Å². The number of halogens is 1. The van der Waals surface area contributed by atoms with E-state index in [1.165, 1.54) is 30.0 Å². The molecule has 1 heterocycles. The van der Waals surface area contributed by atoms with Crippen molar-refractivity contribution in [3.05, 3.63) is 126 Å². The average Bonchev–Trinajstić information content (AvgIpc) is 3.00. The van der Waals surface area contributed by atoms with Crippen LogP contribution in [-0.2, 0) is 23.0 Å². The van der Waals surface area contributed by atoms with E-state index in [2.05, 4.69) is 13.8 Å². The Morgan fingerprint density at radius 2 is 1.47 bits per heavy atom. The van der Waals surface area contributed by atoms with E-state index in [0.29, 0.717) is 43.1 Å². The lowest BCUT2D eigenvalue weighted by molar-refractivity contribution is 0.0741. The Morgan fingerprint density at radius 3 is 2.09 bits per heavy atom. The molecule has 0 unspecified atom stereocenters. The van der Waals surface area contributed by atoms with E-state index in [4.69, 9.17) is 0 Å². The molecule has 43 heavy (non-hydrogen) atoms. The van der Waals surface area contributed by atoms with Crippen LogP contribution in [0.3, 0.4) is 0 Å². The first-order valence-corrected chi connectivity index (χ1v) is 16.9. The molecule has 224 valence electrons. The Kier molecular flexibility index (Phi) is 10.0. The van der Waals surface area contributed by atoms with Gasteiger partial charge in [-0.05, 0) is 78.3 Å². The maximum absolute atomic E-state index is 14.4. The quantitative estimate of drug-likeness (QED) is 0.185. The van der Waals surface area contributed by atoms with E-state index < -0.39 is 10.0 Å². The van der Waals surface area contributed by atoms with Gasteiger partial charge in [0.25, 0.3) is 5.91 Å². The van der Waals surface area contributed by atoms with Crippen molar-refractivity contribution in [1.82, 2.24) is 9.21 Å². The predicted octanol–water partition coefficient (Wildman–Crippen LogP) is 7.53. The van der Waals surface area contributed by atoms with Crippen molar-refractivity contribution >= 4 is 27.7 Å². The van der Waals surface area contributed by atoms with Crippen LogP contribution in [0.15, 0.2) is 118 Å². The van der Waals surface area contributed by atoms with E-state index in [1.54, 1.807) is 33.5 Å². The molecule has 4 aromatic rings. The maximum atomic E-state index is 14.4. The Hall–Kier alpha value is -3.46. The molecule has 8 heteroatoms. The fourth-order valence-electron chi connectivity index (χ4n) is 5.64. The molecule has 0 N–H and O–H groups in total. The van der Waals surface area contributed by atoms with Crippen LogP contribution >= 0.6 is 11.8 Å². The van der Waals surface area contributed by atoms with Gasteiger partial charge in [-0.25, -0.2) is 12.8 Å². The van der Waals surface area contributed by atoms with Crippen molar-refractivity contribution in [2.75, 3.05) is 19.6 Å². The summed E-state index contributed by atoms with van der Waals surface area (Å²) >= 11 is 1.32. The Morgan fingerprint density at radius 1 is 0.860 bits per heavy atom. The highest BCUT2D eigenvalue weighted by Gasteiger charge is 2.33. The Bertz CT molecular complexity index is 1620. The van der Waals surface area contributed by atoms with Gasteiger partial charge in [-0.15, -0.1) is 0 Å². The van der Waals surface area contributed by atoms with Crippen LogP contribution in [0.5, 0.6) is 0 Å². The van der Waals surface area contributed by atoms with Gasteiger partial charge >= 0.3 is 0 Å². The van der Waals surface area contributed by atoms with Gasteiger partial charge in [0.2, 0.25) is 10.0 Å². The number of carbonyl (C=O) groups is 1. The lowest BCUT2D eigenvalue weighted by Gasteiger charge is -2.34. The van der Waals surface area contributed by atoms with E-state index in [-0.39, 0.29) is 28.5 Å². The molecule has 1 aliphatic heterocycles. The smallest absolute Gasteiger partial charge is 0.255 e. The van der Waals surface area contributed by atoms with Crippen molar-refractivity contribution in [1.29, 1.82) is 0 Å². The zero-order chi connectivity index (χ0) is 30.4. The molecule has 4 aromatic carbocycles. The topological polar surface area (TPSA) is 57.7 Å². The SMILES string of the molecule is C[C@@H]1C[C@H](C)CN(S(=O)(=O)c2ccc(Sc3ccc(F)cc3)c(C(=O)N(CCc3ccccc3)Cc3ccccc3)c2)C1. The molecule has 0 spiro atoms. The predicted molar refractivity (Wildman–Crippen MR) is 170 cm³/mol. The van der Waals surface area contributed by atoms with E-state index in [1.807, 2.05) is 60.7 Å². The lowest BCUT2D eigenvalue weighted by Crippen LogP contribution is -2.42. The van der Waals surface area contributed by atoms with Crippen LogP contribution in [0.2, 0.25) is 0 Å². The van der Waals surface area contributed by atoms with Crippen molar-refractivity contribution in [3.8, 4) is 0 Å². The summed E-state index contributed by atoms with van der Waals surface area (Å²) in [5.74, 6) is -0.0802. The molecule has 1 aliphatic rings. The summed E-state index contributed by atoms with van der Waals surface area (Å²) in [6.07, 6.45) is 1.64. The van der Waals surface area contributed by atoms with E-state index in [0.717, 1.165) is 22.4 Å². The number of benzene rings is 4. The van der Waals surface area contributed by atoms with Gasteiger partial charge < -0.3 is 4.90 Å². The van der Waals surface area contributed by atoms with Crippen molar-refractivity contribution < 1.29 is 17.6 Å². The lowest BCUT2D eigenvalue weighted by atomic mass is 9.94. The number of hydrogen-bond acceptors (Lipinski definition) is 4. The van der Waals surface area contributed by atoms with Crippen LogP contribution < -0.4 is 0 Å². The number of piperidine rings is 1. The molecule has 0 bridgehead atoms. The molecular formula is C35H37FN2O3S2. The fraction of sp³-hybridized carbons (Fsp3) is 0.286. The first kappa shape index (κ1) is 31.0. The van der Waals surface area contributed by atoms with E-state index >= 15 is 0 Å². The maximum Gasteiger partial charge on any atom is 0.255 e. The van der Waals surface area contributed by atoms with Crippen molar-refractivity contribution in [3.63, 3.8) is 0 Å². The van der Waals surface area contributed by atoms with Gasteiger partial charge in [-0.3, -0.25) is 4.79 Å². The number of hydrogen-bond donors (Lipinski definition) is 0. The minimum atomic E-state index is -3.82. The summed E-state index contributed by atoms with van der Waals surface area (Å²) in [6, 6.07) is 30.7. The highest BCUT2D eigenvalue weighted by molar-refractivity contribution is 7.99. The number of carbonyl (C=O) groups excluding carboxylic acids is 1. The summed E-state index contributed by atoms with van der Waals surface area (Å²) in [5.41, 5.74) is 2.41. The first-order chi connectivity index (χ1) is 20.7. The standard InChI is InChI=1S/C35H37FN2O3S2/c1-26-21-27(2)24-38(23-26)43(40,41)32-17-18-34(42-31-15-13-30(36)14-16-31)33(22-32)35(39)37(25-29-11-7-4-8-12-29)20-19-28-9-5-3-6-10-28/h3-18,22,26-27H,19-21,23-25H2,1-2H3/t26-,27+. The highest BCUT2D eigenvalue weighted by Crippen LogP contribution is 2.35. The molecule has 0 saturated carbocycles. The first-order valence-electron chi connectivity index (χ1n) is 14.6. The number of nitrogens with zero attached hydrogens (tertiary/aromatic N) is 2. The molecule has 1 saturated heterocycles. The number of sulfonamides is 1. The molecular weight excluding hydrogens is 580 g/mol. The molecule has 5 rings (SSSR count). The number of amides is 1. The zero-order valence-corrected chi connectivity index (χ0v) is 26.2. The largest absolute Gasteiger partial charge is 0.334 e.